The van der Waals surface area contributed by atoms with Gasteiger partial charge in [0.15, 0.2) is 12.4 Å². The predicted octanol–water partition coefficient (Wildman–Crippen LogP) is -1.73. The summed E-state index contributed by atoms with van der Waals surface area (Å²) in [4.78, 5) is 11.3. The molecule has 1 heterocycles. The van der Waals surface area contributed by atoms with Crippen LogP contribution in [0.5, 0.6) is 0 Å². The average molecular weight is 236 g/mol. The van der Waals surface area contributed by atoms with Gasteiger partial charge in [-0.2, -0.15) is 0 Å². The van der Waals surface area contributed by atoms with Crippen LogP contribution in [0, 0.1) is 0 Å². The summed E-state index contributed by atoms with van der Waals surface area (Å²) in [5.41, 5.74) is 0. The lowest BCUT2D eigenvalue weighted by molar-refractivity contribution is -0.292. The van der Waals surface area contributed by atoms with Crippen molar-refractivity contribution in [3.05, 3.63) is 0 Å². The molecule has 0 spiro atoms. The van der Waals surface area contributed by atoms with Gasteiger partial charge in [-0.05, 0) is 0 Å². The predicted molar refractivity (Wildman–Crippen MR) is 50.5 cm³/mol. The number of hydrogen-bond donors (Lipinski definition) is 2. The van der Waals surface area contributed by atoms with Crippen molar-refractivity contribution in [3.8, 4) is 0 Å². The van der Waals surface area contributed by atoms with E-state index in [-0.39, 0.29) is 0 Å². The fourth-order valence-electron chi connectivity index (χ4n) is 1.59. The van der Waals surface area contributed by atoms with E-state index in [0.717, 1.165) is 7.11 Å². The second-order valence-corrected chi connectivity index (χ2v) is 3.37. The van der Waals surface area contributed by atoms with Crippen molar-refractivity contribution in [3.63, 3.8) is 0 Å². The molecule has 0 bridgehead atoms. The number of carbonyl (C=O) groups is 1. The molecule has 0 unspecified atom stereocenters. The Morgan fingerprint density at radius 2 is 1.75 bits per heavy atom. The first-order valence-electron chi connectivity index (χ1n) is 4.71. The average Bonchev–Trinajstić information content (AvgIpc) is 2.31. The number of carbonyl (C=O) groups excluding carboxylic acids is 1. The summed E-state index contributed by atoms with van der Waals surface area (Å²) >= 11 is 0. The van der Waals surface area contributed by atoms with E-state index >= 15 is 0 Å². The van der Waals surface area contributed by atoms with Crippen molar-refractivity contribution >= 4 is 5.97 Å². The van der Waals surface area contributed by atoms with Gasteiger partial charge in [0.05, 0.1) is 7.11 Å². The zero-order valence-electron chi connectivity index (χ0n) is 9.32. The minimum atomic E-state index is -1.41. The standard InChI is InChI=1S/C9H16O7/c1-13-7-5(11)4(10)6(8(12)14-2)16-9(7)15-3/h4-7,9-11H,1-3H3/t4-,5-,6-,7+,9-/m0/s1. The molecule has 0 radical (unpaired) electrons. The van der Waals surface area contributed by atoms with Crippen molar-refractivity contribution in [1.29, 1.82) is 0 Å². The number of hydrogen-bond acceptors (Lipinski definition) is 7. The summed E-state index contributed by atoms with van der Waals surface area (Å²) in [6, 6.07) is 0. The molecule has 1 aliphatic rings. The van der Waals surface area contributed by atoms with Crippen molar-refractivity contribution < 1.29 is 34.0 Å². The molecule has 0 amide bonds. The second kappa shape index (κ2) is 5.55. The van der Waals surface area contributed by atoms with Gasteiger partial charge in [0.25, 0.3) is 0 Å². The Bertz CT molecular complexity index is 242. The van der Waals surface area contributed by atoms with Crippen molar-refractivity contribution in [1.82, 2.24) is 0 Å². The Morgan fingerprint density at radius 1 is 1.12 bits per heavy atom. The number of aliphatic hydroxyl groups is 2. The van der Waals surface area contributed by atoms with Gasteiger partial charge in [-0.3, -0.25) is 0 Å². The van der Waals surface area contributed by atoms with Gasteiger partial charge >= 0.3 is 5.97 Å². The van der Waals surface area contributed by atoms with Gasteiger partial charge < -0.3 is 29.2 Å². The van der Waals surface area contributed by atoms with E-state index < -0.39 is 36.7 Å². The zero-order valence-corrected chi connectivity index (χ0v) is 9.32. The molecule has 5 atom stereocenters. The number of rotatable bonds is 3. The summed E-state index contributed by atoms with van der Waals surface area (Å²) < 4.78 is 19.4. The van der Waals surface area contributed by atoms with Crippen molar-refractivity contribution in [2.45, 2.75) is 30.7 Å². The molecule has 16 heavy (non-hydrogen) atoms. The van der Waals surface area contributed by atoms with Crippen LogP contribution in [0.3, 0.4) is 0 Å². The van der Waals surface area contributed by atoms with Gasteiger partial charge in [0.2, 0.25) is 0 Å². The maximum atomic E-state index is 11.3. The number of esters is 1. The molecule has 1 saturated heterocycles. The molecule has 94 valence electrons. The third kappa shape index (κ3) is 2.33. The van der Waals surface area contributed by atoms with Gasteiger partial charge in [0.1, 0.15) is 18.3 Å². The Morgan fingerprint density at radius 3 is 2.19 bits per heavy atom. The van der Waals surface area contributed by atoms with E-state index in [4.69, 9.17) is 14.2 Å². The maximum absolute atomic E-state index is 11.3. The highest BCUT2D eigenvalue weighted by atomic mass is 16.7. The largest absolute Gasteiger partial charge is 0.467 e. The van der Waals surface area contributed by atoms with Crippen LogP contribution >= 0.6 is 0 Å². The monoisotopic (exact) mass is 236 g/mol. The quantitative estimate of drug-likeness (QED) is 0.562. The first-order valence-corrected chi connectivity index (χ1v) is 4.71. The van der Waals surface area contributed by atoms with E-state index in [1.54, 1.807) is 0 Å². The number of ether oxygens (including phenoxy) is 4. The molecule has 0 aromatic rings. The number of methoxy groups -OCH3 is 3. The van der Waals surface area contributed by atoms with Crippen molar-refractivity contribution in [2.24, 2.45) is 0 Å². The van der Waals surface area contributed by atoms with Crippen LogP contribution in [0.15, 0.2) is 0 Å². The van der Waals surface area contributed by atoms with Crippen LogP contribution in [0.2, 0.25) is 0 Å². The molecule has 1 aliphatic heterocycles. The molecule has 1 rings (SSSR count). The van der Waals surface area contributed by atoms with Gasteiger partial charge in [-0.15, -0.1) is 0 Å². The molecular weight excluding hydrogens is 220 g/mol. The molecule has 1 fully saturated rings. The molecule has 0 aliphatic carbocycles. The molecule has 0 aromatic carbocycles. The highest BCUT2D eigenvalue weighted by Gasteiger charge is 2.48. The van der Waals surface area contributed by atoms with Gasteiger partial charge in [0, 0.05) is 14.2 Å². The molecule has 2 N–H and O–H groups in total. The summed E-state index contributed by atoms with van der Waals surface area (Å²) in [6.45, 7) is 0. The second-order valence-electron chi connectivity index (χ2n) is 3.37. The summed E-state index contributed by atoms with van der Waals surface area (Å²) in [5, 5.41) is 19.4. The molecular formula is C9H16O7. The molecule has 0 aromatic heterocycles. The fourth-order valence-corrected chi connectivity index (χ4v) is 1.59. The summed E-state index contributed by atoms with van der Waals surface area (Å²) in [5.74, 6) is -0.775. The highest BCUT2D eigenvalue weighted by molar-refractivity contribution is 5.75. The molecule has 7 heteroatoms. The Hall–Kier alpha value is -0.730. The SMILES string of the molecule is COC(=O)[C@H]1O[C@H](OC)[C@H](OC)[C@@H](O)[C@@H]1O. The van der Waals surface area contributed by atoms with E-state index in [9.17, 15) is 15.0 Å². The first kappa shape index (κ1) is 13.3. The van der Waals surface area contributed by atoms with E-state index in [0.29, 0.717) is 0 Å². The van der Waals surface area contributed by atoms with Crippen LogP contribution in [0.25, 0.3) is 0 Å². The topological polar surface area (TPSA) is 94.5 Å². The van der Waals surface area contributed by atoms with E-state index in [1.165, 1.54) is 14.2 Å². The highest BCUT2D eigenvalue weighted by Crippen LogP contribution is 2.24. The minimum absolute atomic E-state index is 0.775. The first-order chi connectivity index (χ1) is 7.56. The van der Waals surface area contributed by atoms with E-state index in [2.05, 4.69) is 4.74 Å². The number of aliphatic hydroxyl groups excluding tert-OH is 2. The summed E-state index contributed by atoms with van der Waals surface area (Å²) in [7, 11) is 3.85. The lowest BCUT2D eigenvalue weighted by Crippen LogP contribution is -2.60. The lowest BCUT2D eigenvalue weighted by atomic mass is 9.99. The lowest BCUT2D eigenvalue weighted by Gasteiger charge is -2.39. The zero-order chi connectivity index (χ0) is 12.3. The van der Waals surface area contributed by atoms with Crippen LogP contribution in [-0.2, 0) is 23.7 Å². The van der Waals surface area contributed by atoms with Crippen LogP contribution in [0.1, 0.15) is 0 Å². The third-order valence-electron chi connectivity index (χ3n) is 2.48. The summed E-state index contributed by atoms with van der Waals surface area (Å²) in [6.07, 6.45) is -5.78. The minimum Gasteiger partial charge on any atom is -0.467 e. The van der Waals surface area contributed by atoms with Crippen LogP contribution in [-0.4, -0.2) is 68.2 Å². The Kier molecular flexibility index (Phi) is 4.63. The van der Waals surface area contributed by atoms with Gasteiger partial charge in [-0.25, -0.2) is 4.79 Å². The normalized spacial score (nSPS) is 39.4. The smallest absolute Gasteiger partial charge is 0.337 e. The molecule has 7 nitrogen and oxygen atoms in total. The third-order valence-corrected chi connectivity index (χ3v) is 2.48. The van der Waals surface area contributed by atoms with Crippen LogP contribution < -0.4 is 0 Å². The van der Waals surface area contributed by atoms with Gasteiger partial charge in [-0.1, -0.05) is 0 Å². The van der Waals surface area contributed by atoms with Crippen molar-refractivity contribution in [2.75, 3.05) is 21.3 Å². The Balaban J connectivity index is 2.82. The van der Waals surface area contributed by atoms with E-state index in [1.807, 2.05) is 0 Å². The molecule has 0 saturated carbocycles. The maximum Gasteiger partial charge on any atom is 0.337 e. The Labute approximate surface area is 92.9 Å². The fraction of sp³-hybridized carbons (Fsp3) is 0.889. The van der Waals surface area contributed by atoms with Crippen LogP contribution in [0.4, 0.5) is 0 Å².